The molecule has 2 saturated heterocycles. The van der Waals surface area contributed by atoms with Crippen molar-refractivity contribution in [2.24, 2.45) is 0 Å². The van der Waals surface area contributed by atoms with E-state index in [0.717, 1.165) is 6.42 Å². The van der Waals surface area contributed by atoms with Gasteiger partial charge in [0.1, 0.15) is 12.7 Å². The lowest BCUT2D eigenvalue weighted by atomic mass is 10.3. The van der Waals surface area contributed by atoms with Crippen molar-refractivity contribution in [2.45, 2.75) is 38.9 Å². The highest BCUT2D eigenvalue weighted by Crippen LogP contribution is 2.11. The average molecular weight is 202 g/mol. The molecule has 0 bridgehead atoms. The summed E-state index contributed by atoms with van der Waals surface area (Å²) in [5.41, 5.74) is 0. The standard InChI is InChI=1S/C5H8O2.C4H6O3/c1-4-2-3-5(6)7-4;1-3-2-6-4(5)7-3/h4H,2-3H2,1H3;3H,2H2,1H3. The molecule has 0 aromatic carbocycles. The molecule has 2 rings (SSSR count). The van der Waals surface area contributed by atoms with Gasteiger partial charge in [0.2, 0.25) is 0 Å². The molecule has 5 nitrogen and oxygen atoms in total. The second kappa shape index (κ2) is 4.83. The van der Waals surface area contributed by atoms with E-state index >= 15 is 0 Å². The molecule has 2 aliphatic rings. The Labute approximate surface area is 82.3 Å². The van der Waals surface area contributed by atoms with Gasteiger partial charge in [-0.3, -0.25) is 4.79 Å². The summed E-state index contributed by atoms with van der Waals surface area (Å²) in [6.07, 6.45) is 1.09. The summed E-state index contributed by atoms with van der Waals surface area (Å²) < 4.78 is 13.6. The first-order valence-electron chi connectivity index (χ1n) is 4.61. The maximum atomic E-state index is 10.2. The zero-order chi connectivity index (χ0) is 10.6. The van der Waals surface area contributed by atoms with Crippen LogP contribution in [-0.2, 0) is 19.0 Å². The minimum absolute atomic E-state index is 0.0486. The van der Waals surface area contributed by atoms with Crippen LogP contribution in [0.5, 0.6) is 0 Å². The van der Waals surface area contributed by atoms with Crippen LogP contribution in [0.3, 0.4) is 0 Å². The normalized spacial score (nSPS) is 29.9. The molecule has 5 heteroatoms. The van der Waals surface area contributed by atoms with Gasteiger partial charge in [-0.05, 0) is 20.3 Å². The third kappa shape index (κ3) is 3.64. The monoisotopic (exact) mass is 202 g/mol. The van der Waals surface area contributed by atoms with Crippen molar-refractivity contribution < 1.29 is 23.8 Å². The highest BCUT2D eigenvalue weighted by atomic mass is 16.8. The molecule has 0 aliphatic carbocycles. The second-order valence-corrected chi connectivity index (χ2v) is 3.33. The van der Waals surface area contributed by atoms with Gasteiger partial charge >= 0.3 is 12.1 Å². The van der Waals surface area contributed by atoms with E-state index in [4.69, 9.17) is 4.74 Å². The molecule has 2 heterocycles. The molecular weight excluding hydrogens is 188 g/mol. The number of carbonyl (C=O) groups is 2. The fourth-order valence-corrected chi connectivity index (χ4v) is 1.08. The molecule has 2 atom stereocenters. The fraction of sp³-hybridized carbons (Fsp3) is 0.778. The highest BCUT2D eigenvalue weighted by Gasteiger charge is 2.19. The number of hydrogen-bond acceptors (Lipinski definition) is 5. The summed E-state index contributed by atoms with van der Waals surface area (Å²) in [4.78, 5) is 20.2. The Morgan fingerprint density at radius 2 is 1.86 bits per heavy atom. The van der Waals surface area contributed by atoms with Crippen molar-refractivity contribution in [3.63, 3.8) is 0 Å². The number of carbonyl (C=O) groups excluding carboxylic acids is 2. The molecule has 2 aliphatic heterocycles. The van der Waals surface area contributed by atoms with E-state index in [1.165, 1.54) is 0 Å². The lowest BCUT2D eigenvalue weighted by Gasteiger charge is -1.95. The van der Waals surface area contributed by atoms with Crippen LogP contribution in [0.2, 0.25) is 0 Å². The van der Waals surface area contributed by atoms with Crippen molar-refractivity contribution in [1.29, 1.82) is 0 Å². The van der Waals surface area contributed by atoms with Crippen LogP contribution in [0, 0.1) is 0 Å². The average Bonchev–Trinajstić information content (AvgIpc) is 2.63. The third-order valence-electron chi connectivity index (χ3n) is 1.82. The van der Waals surface area contributed by atoms with Gasteiger partial charge in [0.15, 0.2) is 0 Å². The number of hydrogen-bond donors (Lipinski definition) is 0. The first-order chi connectivity index (χ1) is 6.58. The largest absolute Gasteiger partial charge is 0.508 e. The molecule has 0 saturated carbocycles. The quantitative estimate of drug-likeness (QED) is 0.553. The van der Waals surface area contributed by atoms with E-state index < -0.39 is 6.16 Å². The molecule has 0 radical (unpaired) electrons. The highest BCUT2D eigenvalue weighted by molar-refractivity contribution is 5.71. The van der Waals surface area contributed by atoms with Crippen LogP contribution < -0.4 is 0 Å². The van der Waals surface area contributed by atoms with Crippen molar-refractivity contribution in [1.82, 2.24) is 0 Å². The molecule has 0 N–H and O–H groups in total. The Morgan fingerprint density at radius 3 is 2.00 bits per heavy atom. The van der Waals surface area contributed by atoms with E-state index in [0.29, 0.717) is 13.0 Å². The minimum atomic E-state index is -0.549. The van der Waals surface area contributed by atoms with E-state index in [2.05, 4.69) is 9.47 Å². The Balaban J connectivity index is 0.000000140. The van der Waals surface area contributed by atoms with Gasteiger partial charge in [0.05, 0.1) is 6.10 Å². The van der Waals surface area contributed by atoms with Gasteiger partial charge in [-0.25, -0.2) is 4.79 Å². The van der Waals surface area contributed by atoms with E-state index in [-0.39, 0.29) is 18.2 Å². The zero-order valence-electron chi connectivity index (χ0n) is 8.32. The molecular formula is C9H14O5. The van der Waals surface area contributed by atoms with E-state index in [9.17, 15) is 9.59 Å². The topological polar surface area (TPSA) is 61.8 Å². The Kier molecular flexibility index (Phi) is 3.73. The van der Waals surface area contributed by atoms with Gasteiger partial charge in [0, 0.05) is 6.42 Å². The van der Waals surface area contributed by atoms with E-state index in [1.807, 2.05) is 6.92 Å². The lowest BCUT2D eigenvalue weighted by Crippen LogP contribution is -2.01. The minimum Gasteiger partial charge on any atom is -0.463 e. The number of cyclic esters (lactones) is 3. The van der Waals surface area contributed by atoms with Gasteiger partial charge in [-0.15, -0.1) is 0 Å². The Hall–Kier alpha value is -1.26. The summed E-state index contributed by atoms with van der Waals surface area (Å²) in [5, 5.41) is 0. The Morgan fingerprint density at radius 1 is 1.14 bits per heavy atom. The molecule has 0 spiro atoms. The smallest absolute Gasteiger partial charge is 0.463 e. The molecule has 0 aromatic heterocycles. The van der Waals surface area contributed by atoms with Crippen LogP contribution in [0.15, 0.2) is 0 Å². The SMILES string of the molecule is CC1CCC(=O)O1.CC1COC(=O)O1. The number of esters is 1. The number of rotatable bonds is 0. The summed E-state index contributed by atoms with van der Waals surface area (Å²) in [6.45, 7) is 4.09. The van der Waals surface area contributed by atoms with Crippen LogP contribution >= 0.6 is 0 Å². The molecule has 2 unspecified atom stereocenters. The predicted molar refractivity (Wildman–Crippen MR) is 46.7 cm³/mol. The van der Waals surface area contributed by atoms with Crippen molar-refractivity contribution in [2.75, 3.05) is 6.61 Å². The van der Waals surface area contributed by atoms with Gasteiger partial charge in [-0.1, -0.05) is 0 Å². The van der Waals surface area contributed by atoms with Crippen LogP contribution in [-0.4, -0.2) is 30.9 Å². The van der Waals surface area contributed by atoms with Crippen molar-refractivity contribution in [3.8, 4) is 0 Å². The molecule has 0 aromatic rings. The molecule has 80 valence electrons. The number of ether oxygens (including phenoxy) is 3. The van der Waals surface area contributed by atoms with Crippen LogP contribution in [0.1, 0.15) is 26.7 Å². The maximum Gasteiger partial charge on any atom is 0.508 e. The predicted octanol–water partition coefficient (Wildman–Crippen LogP) is 1.25. The second-order valence-electron chi connectivity index (χ2n) is 3.33. The summed E-state index contributed by atoms with van der Waals surface area (Å²) in [6, 6.07) is 0. The molecule has 2 fully saturated rings. The fourth-order valence-electron chi connectivity index (χ4n) is 1.08. The maximum absolute atomic E-state index is 10.2. The van der Waals surface area contributed by atoms with Gasteiger partial charge in [0.25, 0.3) is 0 Å². The summed E-state index contributed by atoms with van der Waals surface area (Å²) in [5.74, 6) is -0.0486. The van der Waals surface area contributed by atoms with E-state index in [1.54, 1.807) is 6.92 Å². The van der Waals surface area contributed by atoms with Gasteiger partial charge in [-0.2, -0.15) is 0 Å². The van der Waals surface area contributed by atoms with Crippen molar-refractivity contribution in [3.05, 3.63) is 0 Å². The summed E-state index contributed by atoms with van der Waals surface area (Å²) >= 11 is 0. The van der Waals surface area contributed by atoms with Crippen LogP contribution in [0.4, 0.5) is 4.79 Å². The third-order valence-corrected chi connectivity index (χ3v) is 1.82. The van der Waals surface area contributed by atoms with Gasteiger partial charge < -0.3 is 14.2 Å². The van der Waals surface area contributed by atoms with Crippen molar-refractivity contribution >= 4 is 12.1 Å². The molecule has 0 amide bonds. The first kappa shape index (κ1) is 10.8. The summed E-state index contributed by atoms with van der Waals surface area (Å²) in [7, 11) is 0. The molecule has 14 heavy (non-hydrogen) atoms. The lowest BCUT2D eigenvalue weighted by molar-refractivity contribution is -0.140. The Bertz CT molecular complexity index is 201. The zero-order valence-corrected chi connectivity index (χ0v) is 8.32. The van der Waals surface area contributed by atoms with Crippen LogP contribution in [0.25, 0.3) is 0 Å². The first-order valence-corrected chi connectivity index (χ1v) is 4.61.